The van der Waals surface area contributed by atoms with Crippen molar-refractivity contribution in [1.29, 1.82) is 0 Å². The van der Waals surface area contributed by atoms with Gasteiger partial charge in [-0.25, -0.2) is 0 Å². The lowest BCUT2D eigenvalue weighted by Gasteiger charge is -2.26. The van der Waals surface area contributed by atoms with Gasteiger partial charge >= 0.3 is 0 Å². The summed E-state index contributed by atoms with van der Waals surface area (Å²) in [5.41, 5.74) is 0.920. The summed E-state index contributed by atoms with van der Waals surface area (Å²) in [6.07, 6.45) is 0. The van der Waals surface area contributed by atoms with Gasteiger partial charge in [0.2, 0.25) is 0 Å². The Bertz CT molecular complexity index is 476. The Labute approximate surface area is 130 Å². The Morgan fingerprint density at radius 1 is 1.43 bits per heavy atom. The molecule has 0 aromatic heterocycles. The molecule has 1 aliphatic rings. The maximum absolute atomic E-state index is 11.7. The number of hydrogen-bond acceptors (Lipinski definition) is 4. The molecule has 21 heavy (non-hydrogen) atoms. The van der Waals surface area contributed by atoms with E-state index in [1.54, 1.807) is 12.1 Å². The molecule has 1 aromatic carbocycles. The average molecular weight is 313 g/mol. The molecule has 1 heterocycles. The summed E-state index contributed by atoms with van der Waals surface area (Å²) in [5, 5.41) is 3.52. The topological polar surface area (TPSA) is 50.8 Å². The SMILES string of the molecule is Cc1cc(Cl)ccc1OCC(=O)NCCN1CCOCC1. The van der Waals surface area contributed by atoms with Gasteiger partial charge in [0.15, 0.2) is 6.61 Å². The van der Waals surface area contributed by atoms with Gasteiger partial charge in [-0.1, -0.05) is 11.6 Å². The Morgan fingerprint density at radius 2 is 2.19 bits per heavy atom. The summed E-state index contributed by atoms with van der Waals surface area (Å²) >= 11 is 5.87. The van der Waals surface area contributed by atoms with Crippen molar-refractivity contribution in [3.05, 3.63) is 28.8 Å². The summed E-state index contributed by atoms with van der Waals surface area (Å²) in [6, 6.07) is 5.34. The highest BCUT2D eigenvalue weighted by Crippen LogP contribution is 2.21. The number of amides is 1. The molecule has 0 bridgehead atoms. The normalized spacial score (nSPS) is 15.7. The highest BCUT2D eigenvalue weighted by atomic mass is 35.5. The number of rotatable bonds is 6. The molecule has 1 aromatic rings. The van der Waals surface area contributed by atoms with Gasteiger partial charge in [-0.2, -0.15) is 0 Å². The second-order valence-electron chi connectivity index (χ2n) is 5.00. The number of aryl methyl sites for hydroxylation is 1. The van der Waals surface area contributed by atoms with E-state index in [1.807, 2.05) is 13.0 Å². The van der Waals surface area contributed by atoms with Gasteiger partial charge in [0.25, 0.3) is 5.91 Å². The van der Waals surface area contributed by atoms with Crippen LogP contribution in [-0.4, -0.2) is 56.8 Å². The number of morpholine rings is 1. The van der Waals surface area contributed by atoms with Gasteiger partial charge in [-0.05, 0) is 30.7 Å². The first-order valence-electron chi connectivity index (χ1n) is 7.11. The Hall–Kier alpha value is -1.30. The van der Waals surface area contributed by atoms with E-state index in [0.717, 1.165) is 38.4 Å². The standard InChI is InChI=1S/C15H21ClN2O3/c1-12-10-13(16)2-3-14(12)21-11-15(19)17-4-5-18-6-8-20-9-7-18/h2-3,10H,4-9,11H2,1H3,(H,17,19). The number of halogens is 1. The molecule has 1 aliphatic heterocycles. The van der Waals surface area contributed by atoms with Crippen molar-refractivity contribution >= 4 is 17.5 Å². The van der Waals surface area contributed by atoms with Crippen molar-refractivity contribution < 1.29 is 14.3 Å². The van der Waals surface area contributed by atoms with E-state index in [4.69, 9.17) is 21.1 Å². The molecule has 5 nitrogen and oxygen atoms in total. The van der Waals surface area contributed by atoms with Gasteiger partial charge in [0.1, 0.15) is 5.75 Å². The lowest BCUT2D eigenvalue weighted by atomic mass is 10.2. The van der Waals surface area contributed by atoms with Gasteiger partial charge in [-0.3, -0.25) is 9.69 Å². The van der Waals surface area contributed by atoms with E-state index in [9.17, 15) is 4.79 Å². The van der Waals surface area contributed by atoms with E-state index in [2.05, 4.69) is 10.2 Å². The number of benzene rings is 1. The van der Waals surface area contributed by atoms with Crippen LogP contribution < -0.4 is 10.1 Å². The largest absolute Gasteiger partial charge is 0.484 e. The maximum Gasteiger partial charge on any atom is 0.257 e. The zero-order valence-corrected chi connectivity index (χ0v) is 13.0. The smallest absolute Gasteiger partial charge is 0.257 e. The molecule has 1 amide bonds. The van der Waals surface area contributed by atoms with Crippen LogP contribution in [0.25, 0.3) is 0 Å². The molecular weight excluding hydrogens is 292 g/mol. The number of ether oxygens (including phenoxy) is 2. The minimum Gasteiger partial charge on any atom is -0.484 e. The number of carbonyl (C=O) groups excluding carboxylic acids is 1. The summed E-state index contributed by atoms with van der Waals surface area (Å²) in [4.78, 5) is 14.0. The van der Waals surface area contributed by atoms with Crippen molar-refractivity contribution in [3.63, 3.8) is 0 Å². The van der Waals surface area contributed by atoms with Crippen molar-refractivity contribution in [1.82, 2.24) is 10.2 Å². The van der Waals surface area contributed by atoms with Crippen molar-refractivity contribution in [3.8, 4) is 5.75 Å². The molecule has 0 spiro atoms. The second kappa shape index (κ2) is 8.22. The third-order valence-corrected chi connectivity index (χ3v) is 3.58. The molecule has 6 heteroatoms. The fourth-order valence-electron chi connectivity index (χ4n) is 2.15. The first kappa shape index (κ1) is 16.1. The lowest BCUT2D eigenvalue weighted by molar-refractivity contribution is -0.123. The molecular formula is C15H21ClN2O3. The van der Waals surface area contributed by atoms with Gasteiger partial charge in [-0.15, -0.1) is 0 Å². The Kier molecular flexibility index (Phi) is 6.29. The minimum atomic E-state index is -0.113. The van der Waals surface area contributed by atoms with E-state index < -0.39 is 0 Å². The summed E-state index contributed by atoms with van der Waals surface area (Å²) < 4.78 is 10.8. The first-order valence-corrected chi connectivity index (χ1v) is 7.49. The van der Waals surface area contributed by atoms with Crippen molar-refractivity contribution in [2.45, 2.75) is 6.92 Å². The van der Waals surface area contributed by atoms with E-state index in [1.165, 1.54) is 0 Å². The van der Waals surface area contributed by atoms with Crippen LogP contribution in [0.5, 0.6) is 5.75 Å². The molecule has 0 atom stereocenters. The molecule has 0 saturated carbocycles. The van der Waals surface area contributed by atoms with Crippen LogP contribution in [-0.2, 0) is 9.53 Å². The number of nitrogens with one attached hydrogen (secondary N) is 1. The number of hydrogen-bond donors (Lipinski definition) is 1. The third kappa shape index (κ3) is 5.53. The van der Waals surface area contributed by atoms with E-state index >= 15 is 0 Å². The fraction of sp³-hybridized carbons (Fsp3) is 0.533. The Balaban J connectivity index is 1.65. The molecule has 116 valence electrons. The predicted molar refractivity (Wildman–Crippen MR) is 82.0 cm³/mol. The summed E-state index contributed by atoms with van der Waals surface area (Å²) in [6.45, 7) is 6.78. The van der Waals surface area contributed by atoms with Crippen LogP contribution in [0.2, 0.25) is 5.02 Å². The first-order chi connectivity index (χ1) is 10.1. The molecule has 0 radical (unpaired) electrons. The summed E-state index contributed by atoms with van der Waals surface area (Å²) in [7, 11) is 0. The molecule has 1 N–H and O–H groups in total. The minimum absolute atomic E-state index is 0.0194. The quantitative estimate of drug-likeness (QED) is 0.864. The number of carbonyl (C=O) groups is 1. The van der Waals surface area contributed by atoms with Crippen LogP contribution in [0.15, 0.2) is 18.2 Å². The zero-order chi connectivity index (χ0) is 15.1. The van der Waals surface area contributed by atoms with Crippen LogP contribution >= 0.6 is 11.6 Å². The predicted octanol–water partition coefficient (Wildman–Crippen LogP) is 1.48. The number of nitrogens with zero attached hydrogens (tertiary/aromatic N) is 1. The zero-order valence-electron chi connectivity index (χ0n) is 12.2. The van der Waals surface area contributed by atoms with E-state index in [-0.39, 0.29) is 12.5 Å². The van der Waals surface area contributed by atoms with Crippen LogP contribution in [0.3, 0.4) is 0 Å². The highest BCUT2D eigenvalue weighted by molar-refractivity contribution is 6.30. The Morgan fingerprint density at radius 3 is 2.90 bits per heavy atom. The molecule has 1 saturated heterocycles. The lowest BCUT2D eigenvalue weighted by Crippen LogP contribution is -2.42. The van der Waals surface area contributed by atoms with Crippen molar-refractivity contribution in [2.75, 3.05) is 46.0 Å². The molecule has 2 rings (SSSR count). The second-order valence-corrected chi connectivity index (χ2v) is 5.44. The van der Waals surface area contributed by atoms with Gasteiger partial charge < -0.3 is 14.8 Å². The molecule has 0 aliphatic carbocycles. The van der Waals surface area contributed by atoms with Crippen LogP contribution in [0.1, 0.15) is 5.56 Å². The molecule has 0 unspecified atom stereocenters. The van der Waals surface area contributed by atoms with E-state index in [0.29, 0.717) is 17.3 Å². The highest BCUT2D eigenvalue weighted by Gasteiger charge is 2.10. The third-order valence-electron chi connectivity index (χ3n) is 3.35. The van der Waals surface area contributed by atoms with Crippen LogP contribution in [0.4, 0.5) is 0 Å². The van der Waals surface area contributed by atoms with Gasteiger partial charge in [0.05, 0.1) is 13.2 Å². The van der Waals surface area contributed by atoms with Gasteiger partial charge in [0, 0.05) is 31.2 Å². The van der Waals surface area contributed by atoms with Crippen LogP contribution in [0, 0.1) is 6.92 Å². The monoisotopic (exact) mass is 312 g/mol. The fourth-order valence-corrected chi connectivity index (χ4v) is 2.37. The molecule has 1 fully saturated rings. The average Bonchev–Trinajstić information content (AvgIpc) is 2.47. The van der Waals surface area contributed by atoms with Crippen molar-refractivity contribution in [2.24, 2.45) is 0 Å². The summed E-state index contributed by atoms with van der Waals surface area (Å²) in [5.74, 6) is 0.570. The maximum atomic E-state index is 11.7.